The molecule has 0 N–H and O–H groups in total. The quantitative estimate of drug-likeness (QED) is 0.127. The van der Waals surface area contributed by atoms with Gasteiger partial charge < -0.3 is 29.9 Å². The third-order valence-electron chi connectivity index (χ3n) is 16.3. The molecule has 10 aromatic carbocycles. The van der Waals surface area contributed by atoms with E-state index < -0.39 is 0 Å². The maximum atomic E-state index is 4.64. The molecule has 0 saturated carbocycles. The molecule has 6 aromatic heterocycles. The van der Waals surface area contributed by atoms with Crippen LogP contribution in [0.5, 0.6) is 0 Å². The van der Waals surface area contributed by atoms with Crippen LogP contribution in [-0.4, -0.2) is 29.9 Å². The number of hydrogen-bond donors (Lipinski definition) is 0. The van der Waals surface area contributed by atoms with Crippen LogP contribution < -0.4 is 0 Å². The van der Waals surface area contributed by atoms with Crippen molar-refractivity contribution in [2.24, 2.45) is 0 Å². The molecule has 6 nitrogen and oxygen atoms in total. The Bertz CT molecular complexity index is 5070. The molecule has 16 aromatic rings. The molecule has 0 fully saturated rings. The first-order valence-corrected chi connectivity index (χ1v) is 33.9. The predicted molar refractivity (Wildman–Crippen MR) is 421 cm³/mol. The second kappa shape index (κ2) is 43.8. The van der Waals surface area contributed by atoms with Gasteiger partial charge in [0.25, 0.3) is 0 Å². The summed E-state index contributed by atoms with van der Waals surface area (Å²) < 4.78 is 0. The van der Waals surface area contributed by atoms with Crippen LogP contribution >= 0.6 is 0 Å². The summed E-state index contributed by atoms with van der Waals surface area (Å²) in [6.07, 6.45) is 11.1. The van der Waals surface area contributed by atoms with Crippen molar-refractivity contribution in [2.75, 3.05) is 0 Å². The van der Waals surface area contributed by atoms with Crippen LogP contribution in [0.25, 0.3) is 112 Å². The second-order valence-corrected chi connectivity index (χ2v) is 24.2. The fourth-order valence-electron chi connectivity index (χ4n) is 11.1. The molecule has 0 aliphatic rings. The molecule has 106 heavy (non-hydrogen) atoms. The van der Waals surface area contributed by atoms with Crippen molar-refractivity contribution in [3.8, 4) is 112 Å². The zero-order valence-corrected chi connectivity index (χ0v) is 69.1. The molecule has 0 bridgehead atoms. The van der Waals surface area contributed by atoms with Crippen LogP contribution in [0, 0.1) is 77.9 Å². The molecule has 532 valence electrons. The normalized spacial score (nSPS) is 9.87. The van der Waals surface area contributed by atoms with Crippen LogP contribution in [0.2, 0.25) is 0 Å². The molecule has 6 heterocycles. The first-order valence-electron chi connectivity index (χ1n) is 33.9. The average molecular weight is 2080 g/mol. The first kappa shape index (κ1) is 83.0. The smallest absolute Gasteiger partial charge is 0.0242 e. The van der Waals surface area contributed by atoms with Gasteiger partial charge in [-0.1, -0.05) is 212 Å². The minimum Gasteiger partial charge on any atom is -0.305 e. The summed E-state index contributed by atoms with van der Waals surface area (Å²) in [6, 6.07) is 125. The van der Waals surface area contributed by atoms with Crippen LogP contribution in [0.3, 0.4) is 0 Å². The van der Waals surface area contributed by atoms with Crippen molar-refractivity contribution in [3.05, 3.63) is 422 Å². The van der Waals surface area contributed by atoms with Gasteiger partial charge in [-0.05, 0) is 114 Å². The zero-order valence-electron chi connectivity index (χ0n) is 59.5. The van der Waals surface area contributed by atoms with Gasteiger partial charge in [0.2, 0.25) is 0 Å². The number of pyridine rings is 6. The van der Waals surface area contributed by atoms with E-state index in [-0.39, 0.29) is 80.4 Å². The van der Waals surface area contributed by atoms with Crippen molar-refractivity contribution in [3.63, 3.8) is 0 Å². The van der Waals surface area contributed by atoms with Gasteiger partial charge in [0.05, 0.1) is 0 Å². The van der Waals surface area contributed by atoms with Gasteiger partial charge in [0, 0.05) is 123 Å². The molecule has 0 atom stereocenters. The molecule has 0 unspecified atom stereocenters. The molecular formula is C96H76Ir4N6-6. The van der Waals surface area contributed by atoms with Crippen molar-refractivity contribution in [1.82, 2.24) is 29.9 Å². The third-order valence-corrected chi connectivity index (χ3v) is 16.3. The van der Waals surface area contributed by atoms with Crippen LogP contribution in [-0.2, 0) is 80.4 Å². The van der Waals surface area contributed by atoms with E-state index in [0.717, 1.165) is 73.1 Å². The zero-order chi connectivity index (χ0) is 70.5. The summed E-state index contributed by atoms with van der Waals surface area (Å²) in [5, 5.41) is 0. The van der Waals surface area contributed by atoms with E-state index in [2.05, 4.69) is 253 Å². The van der Waals surface area contributed by atoms with E-state index in [4.69, 9.17) is 0 Å². The Morgan fingerprint density at radius 3 is 1.22 bits per heavy atom. The monoisotopic (exact) mass is 2080 g/mol. The minimum atomic E-state index is 0. The van der Waals surface area contributed by atoms with Crippen LogP contribution in [0.15, 0.2) is 353 Å². The van der Waals surface area contributed by atoms with E-state index in [0.29, 0.717) is 0 Å². The summed E-state index contributed by atoms with van der Waals surface area (Å²) in [5.41, 5.74) is 28.9. The standard InChI is InChI=1S/C20H18N.2C18H14N.C17H12N.C12H10N.C11H8N.4Ir/c1-14-9-15(2)11-18(10-14)20-12-16(3)19(13-21-20)17-7-5-4-6-8-17;1-14-6-4-7-15(12-14)16-8-5-9-17(13-16)18-10-2-3-11-19-18;1-14-10-11-18(19-13-14)17-9-5-8-16(12-17)15-6-3-2-4-7-15;1-2-6-14(7-3-1)15-9-11-16(12-10-15)17-8-4-5-13-18-17;1-10-6-5-9-13-12(10)11-7-3-2-4-8-11;1-2-6-10(7-3-1)11-8-4-5-9-12-11;;;;/h4-10,12-13H,1-3H3;2*2-8,10-13H,1H3;1-11,13H;2-7,9H,1H3;1-6,8-9H;;;;/q6*-1;;;;. The number of aryl methyl sites for hydroxylation is 6. The maximum absolute atomic E-state index is 4.64. The number of rotatable bonds is 10. The Labute approximate surface area is 680 Å². The minimum absolute atomic E-state index is 0. The van der Waals surface area contributed by atoms with Crippen LogP contribution in [0.4, 0.5) is 0 Å². The molecule has 0 spiro atoms. The topological polar surface area (TPSA) is 77.3 Å². The molecule has 4 radical (unpaired) electrons. The summed E-state index contributed by atoms with van der Waals surface area (Å²) in [6.45, 7) is 12.5. The van der Waals surface area contributed by atoms with Crippen molar-refractivity contribution in [1.29, 1.82) is 0 Å². The molecule has 10 heteroatoms. The summed E-state index contributed by atoms with van der Waals surface area (Å²) in [4.78, 5) is 26.3. The third kappa shape index (κ3) is 24.9. The summed E-state index contributed by atoms with van der Waals surface area (Å²) in [7, 11) is 0. The average Bonchev–Trinajstić information content (AvgIpc) is 0.826. The van der Waals surface area contributed by atoms with Crippen molar-refractivity contribution >= 4 is 0 Å². The number of aromatic nitrogens is 6. The number of hydrogen-bond acceptors (Lipinski definition) is 6. The van der Waals surface area contributed by atoms with Gasteiger partial charge in [-0.25, -0.2) is 0 Å². The van der Waals surface area contributed by atoms with E-state index in [1.54, 1.807) is 12.4 Å². The molecule has 0 aliphatic carbocycles. The van der Waals surface area contributed by atoms with Crippen molar-refractivity contribution in [2.45, 2.75) is 41.5 Å². The maximum Gasteiger partial charge on any atom is 0.0242 e. The van der Waals surface area contributed by atoms with Gasteiger partial charge in [-0.2, -0.15) is 0 Å². The Balaban J connectivity index is 0.000000178. The molecule has 0 saturated heterocycles. The van der Waals surface area contributed by atoms with Crippen molar-refractivity contribution < 1.29 is 80.4 Å². The fourth-order valence-corrected chi connectivity index (χ4v) is 11.1. The number of nitrogens with zero attached hydrogens (tertiary/aromatic N) is 6. The largest absolute Gasteiger partial charge is 0.305 e. The molecule has 16 rings (SSSR count). The van der Waals surface area contributed by atoms with Crippen LogP contribution in [0.1, 0.15) is 33.4 Å². The van der Waals surface area contributed by atoms with Gasteiger partial charge >= 0.3 is 0 Å². The first-order chi connectivity index (χ1) is 50.1. The fraction of sp³-hybridized carbons (Fsp3) is 0.0625. The van der Waals surface area contributed by atoms with E-state index in [9.17, 15) is 0 Å². The summed E-state index contributed by atoms with van der Waals surface area (Å²) in [5.74, 6) is 0. The van der Waals surface area contributed by atoms with Gasteiger partial charge in [0.1, 0.15) is 0 Å². The van der Waals surface area contributed by atoms with E-state index in [1.165, 1.54) is 72.3 Å². The molecule has 0 amide bonds. The van der Waals surface area contributed by atoms with E-state index in [1.807, 2.05) is 196 Å². The summed E-state index contributed by atoms with van der Waals surface area (Å²) >= 11 is 0. The van der Waals surface area contributed by atoms with E-state index >= 15 is 0 Å². The SMILES string of the molecule is Cc1[c-]c(-c2cc(C)c(-c3ccccc3)cn2)cc(C)c1.Cc1ccc(-c2[c-]ccc(-c3ccccc3)c2)nc1.Cc1cccc(-c2cc[c-]c(-c3ccccn3)c2)c1.Cc1cccnc1-c1[c-]cccc1.[Ir].[Ir].[Ir].[Ir].[c-]1cc(-c2ccccc2)ccc1-c1ccccn1.[c-]1ccccc1-c1ccccn1. The van der Waals surface area contributed by atoms with Gasteiger partial charge in [-0.15, -0.1) is 207 Å². The Morgan fingerprint density at radius 1 is 0.236 bits per heavy atom. The second-order valence-electron chi connectivity index (χ2n) is 24.2. The van der Waals surface area contributed by atoms with Gasteiger partial charge in [0.15, 0.2) is 0 Å². The number of benzene rings is 10. The Kier molecular flexibility index (Phi) is 34.3. The van der Waals surface area contributed by atoms with Gasteiger partial charge in [-0.3, -0.25) is 0 Å². The Hall–Kier alpha value is -10.3. The molecular weight excluding hydrogens is 2010 g/mol. The predicted octanol–water partition coefficient (Wildman–Crippen LogP) is 23.8. The molecule has 0 aliphatic heterocycles. The Morgan fingerprint density at radius 2 is 0.717 bits per heavy atom.